The number of likely N-dealkylation sites (tertiary alicyclic amines) is 1. The molecule has 1 aliphatic heterocycles. The molecule has 1 atom stereocenters. The molecule has 2 heterocycles. The molecule has 3 rings (SSSR count). The number of hydrogen-bond acceptors (Lipinski definition) is 7. The minimum atomic E-state index is -0.526. The lowest BCUT2D eigenvalue weighted by molar-refractivity contribution is -0.384. The van der Waals surface area contributed by atoms with E-state index in [-0.39, 0.29) is 23.8 Å². The maximum atomic E-state index is 12.2. The molecule has 1 aromatic heterocycles. The molecular weight excluding hydrogens is 354 g/mol. The summed E-state index contributed by atoms with van der Waals surface area (Å²) >= 11 is 0. The SMILES string of the molecule is CC(C)(C)OC(=O)N1CCC[C@@H](COc2nc3cc([N+](=O)[O-])ccc3o2)C1. The van der Waals surface area contributed by atoms with Crippen molar-refractivity contribution in [2.75, 3.05) is 19.7 Å². The van der Waals surface area contributed by atoms with Gasteiger partial charge in [0.05, 0.1) is 11.5 Å². The van der Waals surface area contributed by atoms with Gasteiger partial charge in [0.2, 0.25) is 0 Å². The van der Waals surface area contributed by atoms with Crippen molar-refractivity contribution in [2.45, 2.75) is 39.2 Å². The number of ether oxygens (including phenoxy) is 2. The van der Waals surface area contributed by atoms with Gasteiger partial charge in [0, 0.05) is 31.1 Å². The molecule has 2 aromatic rings. The Balaban J connectivity index is 1.58. The third-order valence-corrected chi connectivity index (χ3v) is 4.18. The molecule has 1 aromatic carbocycles. The number of carbonyl (C=O) groups is 1. The summed E-state index contributed by atoms with van der Waals surface area (Å²) in [6, 6.07) is 4.20. The van der Waals surface area contributed by atoms with Crippen LogP contribution in [-0.4, -0.2) is 46.2 Å². The number of aromatic nitrogens is 1. The van der Waals surface area contributed by atoms with E-state index in [0.29, 0.717) is 30.8 Å². The maximum absolute atomic E-state index is 12.2. The molecule has 146 valence electrons. The summed E-state index contributed by atoms with van der Waals surface area (Å²) in [7, 11) is 0. The molecule has 0 bridgehead atoms. The summed E-state index contributed by atoms with van der Waals surface area (Å²) in [4.78, 5) is 28.4. The van der Waals surface area contributed by atoms with Gasteiger partial charge < -0.3 is 18.8 Å². The molecule has 0 radical (unpaired) electrons. The zero-order valence-electron chi connectivity index (χ0n) is 15.6. The standard InChI is InChI=1S/C18H23N3O6/c1-18(2,3)27-17(22)20-8-4-5-12(10-20)11-25-16-19-14-9-13(21(23)24)6-7-15(14)26-16/h6-7,9,12H,4-5,8,10-11H2,1-3H3/t12-/m1/s1. The second kappa shape index (κ2) is 7.42. The van der Waals surface area contributed by atoms with Crippen LogP contribution in [0.25, 0.3) is 11.1 Å². The van der Waals surface area contributed by atoms with Crippen LogP contribution < -0.4 is 4.74 Å². The van der Waals surface area contributed by atoms with Crippen LogP contribution >= 0.6 is 0 Å². The Morgan fingerprint density at radius 2 is 2.22 bits per heavy atom. The number of non-ortho nitro benzene ring substituents is 1. The first kappa shape index (κ1) is 18.9. The highest BCUT2D eigenvalue weighted by molar-refractivity contribution is 5.75. The largest absolute Gasteiger partial charge is 0.450 e. The number of oxazole rings is 1. The second-order valence-corrected chi connectivity index (χ2v) is 7.63. The molecular formula is C18H23N3O6. The number of nitro groups is 1. The fourth-order valence-electron chi connectivity index (χ4n) is 2.95. The molecule has 0 aliphatic carbocycles. The predicted molar refractivity (Wildman–Crippen MR) is 96.7 cm³/mol. The maximum Gasteiger partial charge on any atom is 0.410 e. The van der Waals surface area contributed by atoms with Gasteiger partial charge in [-0.2, -0.15) is 4.98 Å². The Kier molecular flexibility index (Phi) is 5.20. The van der Waals surface area contributed by atoms with Crippen LogP contribution in [0.4, 0.5) is 10.5 Å². The molecule has 27 heavy (non-hydrogen) atoms. The minimum Gasteiger partial charge on any atom is -0.450 e. The molecule has 0 unspecified atom stereocenters. The van der Waals surface area contributed by atoms with Crippen LogP contribution in [0, 0.1) is 16.0 Å². The number of rotatable bonds is 4. The van der Waals surface area contributed by atoms with E-state index >= 15 is 0 Å². The highest BCUT2D eigenvalue weighted by Gasteiger charge is 2.28. The molecule has 0 spiro atoms. The van der Waals surface area contributed by atoms with Gasteiger partial charge in [0.25, 0.3) is 5.69 Å². The number of piperidine rings is 1. The Morgan fingerprint density at radius 1 is 1.44 bits per heavy atom. The number of benzene rings is 1. The van der Waals surface area contributed by atoms with Crippen molar-refractivity contribution in [3.05, 3.63) is 28.3 Å². The molecule has 1 fully saturated rings. The third kappa shape index (κ3) is 4.87. The predicted octanol–water partition coefficient (Wildman–Crippen LogP) is 3.76. The van der Waals surface area contributed by atoms with Gasteiger partial charge in [0.1, 0.15) is 11.1 Å². The fourth-order valence-corrected chi connectivity index (χ4v) is 2.95. The second-order valence-electron chi connectivity index (χ2n) is 7.63. The Morgan fingerprint density at radius 3 is 2.93 bits per heavy atom. The number of carbonyl (C=O) groups excluding carboxylic acids is 1. The smallest absolute Gasteiger partial charge is 0.410 e. The van der Waals surface area contributed by atoms with Crippen LogP contribution in [0.15, 0.2) is 22.6 Å². The zero-order chi connectivity index (χ0) is 19.6. The topological polar surface area (TPSA) is 108 Å². The molecule has 1 saturated heterocycles. The molecule has 1 aliphatic rings. The highest BCUT2D eigenvalue weighted by Crippen LogP contribution is 2.26. The van der Waals surface area contributed by atoms with Crippen LogP contribution in [0.5, 0.6) is 6.08 Å². The molecule has 9 nitrogen and oxygen atoms in total. The van der Waals surface area contributed by atoms with Gasteiger partial charge in [-0.3, -0.25) is 10.1 Å². The molecule has 9 heteroatoms. The van der Waals surface area contributed by atoms with Crippen LogP contribution in [0.1, 0.15) is 33.6 Å². The van der Waals surface area contributed by atoms with Crippen molar-refractivity contribution in [1.82, 2.24) is 9.88 Å². The monoisotopic (exact) mass is 377 g/mol. The fraction of sp³-hybridized carbons (Fsp3) is 0.556. The molecule has 0 N–H and O–H groups in total. The summed E-state index contributed by atoms with van der Waals surface area (Å²) < 4.78 is 16.5. The Hall–Kier alpha value is -2.84. The lowest BCUT2D eigenvalue weighted by Gasteiger charge is -2.33. The third-order valence-electron chi connectivity index (χ3n) is 4.18. The first-order valence-corrected chi connectivity index (χ1v) is 8.87. The van der Waals surface area contributed by atoms with E-state index in [0.717, 1.165) is 12.8 Å². The number of nitro benzene ring substituents is 1. The molecule has 0 saturated carbocycles. The van der Waals surface area contributed by atoms with E-state index in [1.165, 1.54) is 18.2 Å². The van der Waals surface area contributed by atoms with Gasteiger partial charge in [0.15, 0.2) is 5.58 Å². The van der Waals surface area contributed by atoms with Gasteiger partial charge >= 0.3 is 12.2 Å². The van der Waals surface area contributed by atoms with E-state index in [1.807, 2.05) is 20.8 Å². The Bertz CT molecular complexity index is 841. The number of nitrogens with zero attached hydrogens (tertiary/aromatic N) is 3. The lowest BCUT2D eigenvalue weighted by Crippen LogP contribution is -2.44. The number of fused-ring (bicyclic) bond motifs is 1. The van der Waals surface area contributed by atoms with Crippen molar-refractivity contribution in [1.29, 1.82) is 0 Å². The van der Waals surface area contributed by atoms with Crippen molar-refractivity contribution in [2.24, 2.45) is 5.92 Å². The van der Waals surface area contributed by atoms with Crippen molar-refractivity contribution >= 4 is 22.9 Å². The first-order chi connectivity index (χ1) is 12.7. The average molecular weight is 377 g/mol. The van der Waals surface area contributed by atoms with E-state index in [4.69, 9.17) is 13.9 Å². The highest BCUT2D eigenvalue weighted by atomic mass is 16.6. The summed E-state index contributed by atoms with van der Waals surface area (Å²) in [5, 5.41) is 10.8. The van der Waals surface area contributed by atoms with E-state index in [1.54, 1.807) is 4.90 Å². The van der Waals surface area contributed by atoms with Gasteiger partial charge in [-0.15, -0.1) is 0 Å². The molecule has 1 amide bonds. The Labute approximate surface area is 156 Å². The van der Waals surface area contributed by atoms with Crippen LogP contribution in [-0.2, 0) is 4.74 Å². The quantitative estimate of drug-likeness (QED) is 0.589. The lowest BCUT2D eigenvalue weighted by atomic mass is 9.99. The normalized spacial score (nSPS) is 17.7. The van der Waals surface area contributed by atoms with Crippen molar-refractivity contribution in [3.63, 3.8) is 0 Å². The summed E-state index contributed by atoms with van der Waals surface area (Å²) in [6.07, 6.45) is 1.54. The van der Waals surface area contributed by atoms with E-state index < -0.39 is 10.5 Å². The van der Waals surface area contributed by atoms with Crippen molar-refractivity contribution in [3.8, 4) is 6.08 Å². The number of amides is 1. The number of hydrogen-bond donors (Lipinski definition) is 0. The van der Waals surface area contributed by atoms with Crippen LogP contribution in [0.3, 0.4) is 0 Å². The van der Waals surface area contributed by atoms with Crippen molar-refractivity contribution < 1.29 is 23.6 Å². The first-order valence-electron chi connectivity index (χ1n) is 8.87. The summed E-state index contributed by atoms with van der Waals surface area (Å²) in [5.41, 5.74) is 0.219. The van der Waals surface area contributed by atoms with Gasteiger partial charge in [-0.1, -0.05) is 0 Å². The van der Waals surface area contributed by atoms with Gasteiger partial charge in [-0.05, 0) is 39.7 Å². The van der Waals surface area contributed by atoms with E-state index in [2.05, 4.69) is 4.98 Å². The minimum absolute atomic E-state index is 0.0531. The van der Waals surface area contributed by atoms with Gasteiger partial charge in [-0.25, -0.2) is 4.79 Å². The average Bonchev–Trinajstić information content (AvgIpc) is 3.00. The van der Waals surface area contributed by atoms with E-state index in [9.17, 15) is 14.9 Å². The zero-order valence-corrected chi connectivity index (χ0v) is 15.6. The summed E-state index contributed by atoms with van der Waals surface area (Å²) in [5.74, 6) is 0.135. The summed E-state index contributed by atoms with van der Waals surface area (Å²) in [6.45, 7) is 7.07. The van der Waals surface area contributed by atoms with Crippen LogP contribution in [0.2, 0.25) is 0 Å².